The van der Waals surface area contributed by atoms with Crippen molar-refractivity contribution in [1.29, 1.82) is 0 Å². The fourth-order valence-electron chi connectivity index (χ4n) is 3.68. The molecule has 1 aliphatic carbocycles. The zero-order chi connectivity index (χ0) is 12.4. The molecule has 3 heteroatoms. The van der Waals surface area contributed by atoms with Gasteiger partial charge in [-0.05, 0) is 50.8 Å². The molecule has 0 spiro atoms. The van der Waals surface area contributed by atoms with Crippen molar-refractivity contribution in [2.45, 2.75) is 63.1 Å². The summed E-state index contributed by atoms with van der Waals surface area (Å²) in [5.41, 5.74) is 0. The van der Waals surface area contributed by atoms with Gasteiger partial charge in [-0.1, -0.05) is 12.8 Å². The summed E-state index contributed by atoms with van der Waals surface area (Å²) >= 11 is 0. The van der Waals surface area contributed by atoms with Crippen LogP contribution in [0.4, 0.5) is 0 Å². The van der Waals surface area contributed by atoms with Crippen LogP contribution in [-0.2, 0) is 0 Å². The Balaban J connectivity index is 1.60. The summed E-state index contributed by atoms with van der Waals surface area (Å²) in [6.07, 6.45) is 10.0. The quantitative estimate of drug-likeness (QED) is 0.890. The molecule has 2 fully saturated rings. The Kier molecular flexibility index (Phi) is 3.71. The number of rotatable bonds is 4. The van der Waals surface area contributed by atoms with Gasteiger partial charge in [0.2, 0.25) is 0 Å². The highest BCUT2D eigenvalue weighted by molar-refractivity contribution is 5.03. The topological polar surface area (TPSA) is 36.6 Å². The van der Waals surface area contributed by atoms with E-state index in [-0.39, 0.29) is 0 Å². The number of hydrogen-bond acceptors (Lipinski definition) is 3. The van der Waals surface area contributed by atoms with Crippen molar-refractivity contribution in [3.8, 4) is 0 Å². The first kappa shape index (κ1) is 12.2. The Labute approximate surface area is 109 Å². The maximum atomic E-state index is 10.2. The molecular weight excluding hydrogens is 226 g/mol. The van der Waals surface area contributed by atoms with Crippen molar-refractivity contribution in [2.24, 2.45) is 0 Å². The minimum Gasteiger partial charge on any atom is -0.467 e. The van der Waals surface area contributed by atoms with Gasteiger partial charge in [-0.15, -0.1) is 0 Å². The van der Waals surface area contributed by atoms with E-state index in [1.54, 1.807) is 6.26 Å². The molecule has 100 valence electrons. The minimum atomic E-state index is -0.438. The maximum absolute atomic E-state index is 10.2. The fraction of sp³-hybridized carbons (Fsp3) is 0.733. The summed E-state index contributed by atoms with van der Waals surface area (Å²) in [6.45, 7) is 1.22. The highest BCUT2D eigenvalue weighted by Gasteiger charge is 2.33. The minimum absolute atomic E-state index is 0.438. The second-order valence-corrected chi connectivity index (χ2v) is 5.74. The number of furan rings is 1. The summed E-state index contributed by atoms with van der Waals surface area (Å²) < 4.78 is 5.30. The molecule has 0 aromatic carbocycles. The van der Waals surface area contributed by atoms with Crippen molar-refractivity contribution in [1.82, 2.24) is 4.90 Å². The van der Waals surface area contributed by atoms with Crippen LogP contribution in [0.25, 0.3) is 0 Å². The summed E-state index contributed by atoms with van der Waals surface area (Å²) in [4.78, 5) is 2.65. The molecule has 1 aromatic heterocycles. The molecule has 2 aliphatic rings. The first-order valence-corrected chi connectivity index (χ1v) is 7.32. The van der Waals surface area contributed by atoms with E-state index in [9.17, 15) is 5.11 Å². The monoisotopic (exact) mass is 249 g/mol. The first-order chi connectivity index (χ1) is 8.84. The number of nitrogens with zero attached hydrogens (tertiary/aromatic N) is 1. The van der Waals surface area contributed by atoms with Crippen molar-refractivity contribution >= 4 is 0 Å². The van der Waals surface area contributed by atoms with Gasteiger partial charge in [-0.25, -0.2) is 0 Å². The lowest BCUT2D eigenvalue weighted by molar-refractivity contribution is 0.0862. The van der Waals surface area contributed by atoms with Gasteiger partial charge in [0.25, 0.3) is 0 Å². The van der Waals surface area contributed by atoms with Crippen LogP contribution in [0.15, 0.2) is 22.8 Å². The van der Waals surface area contributed by atoms with Crippen molar-refractivity contribution in [3.05, 3.63) is 24.2 Å². The molecule has 1 aromatic rings. The number of likely N-dealkylation sites (tertiary alicyclic amines) is 1. The van der Waals surface area contributed by atoms with Gasteiger partial charge in [0.15, 0.2) is 0 Å². The van der Waals surface area contributed by atoms with Crippen LogP contribution >= 0.6 is 0 Å². The van der Waals surface area contributed by atoms with E-state index in [1.807, 2.05) is 12.1 Å². The number of aliphatic hydroxyl groups is 1. The predicted octanol–water partition coefficient (Wildman–Crippen LogP) is 3.11. The van der Waals surface area contributed by atoms with Crippen molar-refractivity contribution in [3.63, 3.8) is 0 Å². The molecule has 0 bridgehead atoms. The second-order valence-electron chi connectivity index (χ2n) is 5.74. The van der Waals surface area contributed by atoms with Crippen LogP contribution < -0.4 is 0 Å². The molecule has 3 nitrogen and oxygen atoms in total. The molecule has 1 saturated carbocycles. The van der Waals surface area contributed by atoms with E-state index in [0.29, 0.717) is 11.8 Å². The molecule has 1 N–H and O–H groups in total. The summed E-state index contributed by atoms with van der Waals surface area (Å²) in [5.74, 6) is 0.716. The van der Waals surface area contributed by atoms with Crippen LogP contribution in [0.5, 0.6) is 0 Å². The lowest BCUT2D eigenvalue weighted by Crippen LogP contribution is -2.38. The van der Waals surface area contributed by atoms with E-state index < -0.39 is 6.10 Å². The number of hydrogen-bond donors (Lipinski definition) is 1. The Bertz CT molecular complexity index is 357. The van der Waals surface area contributed by atoms with Crippen LogP contribution in [0.2, 0.25) is 0 Å². The van der Waals surface area contributed by atoms with E-state index in [4.69, 9.17) is 4.42 Å². The van der Waals surface area contributed by atoms with Crippen LogP contribution in [0, 0.1) is 0 Å². The largest absolute Gasteiger partial charge is 0.467 e. The Morgan fingerprint density at radius 1 is 1.28 bits per heavy atom. The summed E-state index contributed by atoms with van der Waals surface area (Å²) in [5, 5.41) is 10.2. The molecule has 2 unspecified atom stereocenters. The molecule has 0 radical (unpaired) electrons. The fourth-order valence-corrected chi connectivity index (χ4v) is 3.68. The summed E-state index contributed by atoms with van der Waals surface area (Å²) in [6, 6.07) is 5.05. The van der Waals surface area contributed by atoms with Gasteiger partial charge in [0, 0.05) is 12.1 Å². The molecule has 2 atom stereocenters. The van der Waals surface area contributed by atoms with Gasteiger partial charge in [-0.3, -0.25) is 4.90 Å². The Hall–Kier alpha value is -0.800. The summed E-state index contributed by atoms with van der Waals surface area (Å²) in [7, 11) is 0. The van der Waals surface area contributed by atoms with Crippen LogP contribution in [0.1, 0.15) is 56.8 Å². The SMILES string of the molecule is OC(CC1CCCN1C1CCCC1)c1ccco1. The molecule has 3 rings (SSSR count). The third kappa shape index (κ3) is 2.47. The molecule has 18 heavy (non-hydrogen) atoms. The van der Waals surface area contributed by atoms with E-state index in [1.165, 1.54) is 45.1 Å². The number of aliphatic hydroxyl groups excluding tert-OH is 1. The zero-order valence-electron chi connectivity index (χ0n) is 10.9. The molecule has 2 heterocycles. The molecule has 1 aliphatic heterocycles. The average molecular weight is 249 g/mol. The third-order valence-corrected chi connectivity index (χ3v) is 4.58. The standard InChI is InChI=1S/C15H23NO2/c17-14(15-8-4-10-18-15)11-13-7-3-9-16(13)12-5-1-2-6-12/h4,8,10,12-14,17H,1-3,5-7,9,11H2. The van der Waals surface area contributed by atoms with Crippen molar-refractivity contribution in [2.75, 3.05) is 6.54 Å². The van der Waals surface area contributed by atoms with Crippen LogP contribution in [-0.4, -0.2) is 28.6 Å². The normalized spacial score (nSPS) is 27.9. The Morgan fingerprint density at radius 2 is 2.11 bits per heavy atom. The average Bonchev–Trinajstić information content (AvgIpc) is 3.11. The van der Waals surface area contributed by atoms with E-state index in [2.05, 4.69) is 4.90 Å². The molecular formula is C15H23NO2. The zero-order valence-corrected chi connectivity index (χ0v) is 10.9. The lowest BCUT2D eigenvalue weighted by atomic mass is 10.0. The van der Waals surface area contributed by atoms with E-state index >= 15 is 0 Å². The molecule has 0 amide bonds. The Morgan fingerprint density at radius 3 is 2.83 bits per heavy atom. The molecule has 1 saturated heterocycles. The van der Waals surface area contributed by atoms with E-state index in [0.717, 1.165) is 12.5 Å². The third-order valence-electron chi connectivity index (χ3n) is 4.58. The first-order valence-electron chi connectivity index (χ1n) is 7.32. The van der Waals surface area contributed by atoms with Gasteiger partial charge in [0.1, 0.15) is 11.9 Å². The van der Waals surface area contributed by atoms with Crippen LogP contribution in [0.3, 0.4) is 0 Å². The smallest absolute Gasteiger partial charge is 0.132 e. The van der Waals surface area contributed by atoms with Gasteiger partial charge in [0.05, 0.1) is 6.26 Å². The lowest BCUT2D eigenvalue weighted by Gasteiger charge is -2.31. The highest BCUT2D eigenvalue weighted by atomic mass is 16.4. The van der Waals surface area contributed by atoms with Gasteiger partial charge in [-0.2, -0.15) is 0 Å². The second kappa shape index (κ2) is 5.45. The highest BCUT2D eigenvalue weighted by Crippen LogP contribution is 2.33. The van der Waals surface area contributed by atoms with Gasteiger partial charge < -0.3 is 9.52 Å². The van der Waals surface area contributed by atoms with Gasteiger partial charge >= 0.3 is 0 Å². The predicted molar refractivity (Wildman–Crippen MR) is 70.3 cm³/mol. The maximum Gasteiger partial charge on any atom is 0.132 e. The van der Waals surface area contributed by atoms with Crippen molar-refractivity contribution < 1.29 is 9.52 Å².